The van der Waals surface area contributed by atoms with Crippen LogP contribution in [0, 0.1) is 11.8 Å². The zero-order valence-electron chi connectivity index (χ0n) is 20.5. The van der Waals surface area contributed by atoms with Gasteiger partial charge in [-0.3, -0.25) is 14.4 Å². The molecule has 4 aromatic rings. The van der Waals surface area contributed by atoms with E-state index in [-0.39, 0.29) is 17.6 Å². The van der Waals surface area contributed by atoms with E-state index < -0.39 is 23.9 Å². The van der Waals surface area contributed by atoms with Crippen LogP contribution in [-0.4, -0.2) is 29.7 Å². The van der Waals surface area contributed by atoms with Crippen molar-refractivity contribution in [2.24, 2.45) is 11.8 Å². The molecular weight excluding hydrogens is 496 g/mol. The van der Waals surface area contributed by atoms with Crippen LogP contribution in [0.15, 0.2) is 97.1 Å². The SMILES string of the molecule is CC1=C[C@H]2[C@@H]3C(=O)N(c4ccc5ccccc5c4)C(=O)[C@@H]3[C@H](C(=O)c3ccccc3)N2c2ccc(Cl)cc21. The maximum Gasteiger partial charge on any atom is 0.240 e. The molecule has 3 aliphatic heterocycles. The number of Topliss-reactive ketones (excluding diaryl/α,β-unsaturated/α-hetero) is 1. The third kappa shape index (κ3) is 3.21. The Hall–Kier alpha value is -4.22. The molecule has 4 aromatic carbocycles. The van der Waals surface area contributed by atoms with Crippen molar-refractivity contribution in [1.29, 1.82) is 0 Å². The van der Waals surface area contributed by atoms with Gasteiger partial charge in [0.05, 0.1) is 23.6 Å². The minimum atomic E-state index is -0.821. The first kappa shape index (κ1) is 22.9. The van der Waals surface area contributed by atoms with E-state index in [0.29, 0.717) is 16.3 Å². The second kappa shape index (κ2) is 8.40. The second-order valence-electron chi connectivity index (χ2n) is 10.2. The van der Waals surface area contributed by atoms with Gasteiger partial charge >= 0.3 is 0 Å². The molecule has 5 nitrogen and oxygen atoms in total. The normalized spacial score (nSPS) is 23.8. The first-order valence-corrected chi connectivity index (χ1v) is 13.0. The predicted molar refractivity (Wildman–Crippen MR) is 149 cm³/mol. The Morgan fingerprint density at radius 2 is 1.50 bits per heavy atom. The smallest absolute Gasteiger partial charge is 0.240 e. The molecule has 7 rings (SSSR count). The van der Waals surface area contributed by atoms with Crippen molar-refractivity contribution in [3.63, 3.8) is 0 Å². The lowest BCUT2D eigenvalue weighted by Crippen LogP contribution is -2.49. The van der Waals surface area contributed by atoms with Crippen molar-refractivity contribution in [3.05, 3.63) is 113 Å². The Kier molecular flexibility index (Phi) is 5.07. The molecule has 6 heteroatoms. The van der Waals surface area contributed by atoms with Gasteiger partial charge in [-0.25, -0.2) is 4.90 Å². The number of nitrogens with zero attached hydrogens (tertiary/aromatic N) is 2. The van der Waals surface area contributed by atoms with Crippen molar-refractivity contribution in [1.82, 2.24) is 0 Å². The quantitative estimate of drug-likeness (QED) is 0.241. The van der Waals surface area contributed by atoms with Gasteiger partial charge < -0.3 is 4.90 Å². The Balaban J connectivity index is 1.39. The molecule has 0 saturated carbocycles. The highest BCUT2D eigenvalue weighted by molar-refractivity contribution is 6.31. The summed E-state index contributed by atoms with van der Waals surface area (Å²) in [5, 5.41) is 2.57. The highest BCUT2D eigenvalue weighted by Gasteiger charge is 2.64. The van der Waals surface area contributed by atoms with E-state index >= 15 is 0 Å². The van der Waals surface area contributed by atoms with Crippen molar-refractivity contribution >= 4 is 56.9 Å². The fraction of sp³-hybridized carbons (Fsp3) is 0.156. The van der Waals surface area contributed by atoms with Crippen molar-refractivity contribution in [2.75, 3.05) is 9.80 Å². The average Bonchev–Trinajstić information content (AvgIpc) is 3.40. The van der Waals surface area contributed by atoms with Crippen LogP contribution in [0.25, 0.3) is 16.3 Å². The number of fused-ring (bicyclic) bond motifs is 6. The topological polar surface area (TPSA) is 57.7 Å². The Labute approximate surface area is 224 Å². The van der Waals surface area contributed by atoms with Crippen molar-refractivity contribution in [3.8, 4) is 0 Å². The highest BCUT2D eigenvalue weighted by atomic mass is 35.5. The number of benzene rings is 4. The largest absolute Gasteiger partial charge is 0.352 e. The van der Waals surface area contributed by atoms with Crippen molar-refractivity contribution < 1.29 is 14.4 Å². The third-order valence-corrected chi connectivity index (χ3v) is 8.36. The molecule has 0 aromatic heterocycles. The van der Waals surface area contributed by atoms with Crippen molar-refractivity contribution in [2.45, 2.75) is 19.0 Å². The molecule has 2 saturated heterocycles. The number of carbonyl (C=O) groups excluding carboxylic acids is 3. The van der Waals surface area contributed by atoms with Crippen LogP contribution in [0.1, 0.15) is 22.8 Å². The number of imide groups is 1. The number of hydrogen-bond acceptors (Lipinski definition) is 4. The molecule has 2 fully saturated rings. The molecule has 38 heavy (non-hydrogen) atoms. The van der Waals surface area contributed by atoms with Gasteiger partial charge in [0.2, 0.25) is 11.8 Å². The van der Waals surface area contributed by atoms with Gasteiger partial charge in [0.25, 0.3) is 0 Å². The molecule has 3 aliphatic rings. The Bertz CT molecular complexity index is 1700. The second-order valence-corrected chi connectivity index (χ2v) is 10.6. The molecule has 186 valence electrons. The average molecular weight is 519 g/mol. The molecule has 0 spiro atoms. The van der Waals surface area contributed by atoms with Crippen LogP contribution >= 0.6 is 11.6 Å². The van der Waals surface area contributed by atoms with Gasteiger partial charge in [-0.1, -0.05) is 78.3 Å². The maximum absolute atomic E-state index is 14.2. The summed E-state index contributed by atoms with van der Waals surface area (Å²) in [7, 11) is 0. The van der Waals surface area contributed by atoms with Gasteiger partial charge in [0.15, 0.2) is 5.78 Å². The van der Waals surface area contributed by atoms with E-state index in [1.807, 2.05) is 90.7 Å². The lowest BCUT2D eigenvalue weighted by Gasteiger charge is -2.38. The number of amides is 2. The molecular formula is C32H23ClN2O3. The van der Waals surface area contributed by atoms with Crippen LogP contribution in [0.2, 0.25) is 5.02 Å². The van der Waals surface area contributed by atoms with Crippen LogP contribution in [0.4, 0.5) is 11.4 Å². The summed E-state index contributed by atoms with van der Waals surface area (Å²) in [5.74, 6) is -2.25. The van der Waals surface area contributed by atoms with E-state index in [1.165, 1.54) is 4.90 Å². The van der Waals surface area contributed by atoms with Gasteiger partial charge in [-0.15, -0.1) is 0 Å². The zero-order chi connectivity index (χ0) is 26.1. The standard InChI is InChI=1S/C32H23ClN2O3/c1-18-15-26-27-28(32(38)34(31(27)37)23-13-11-19-7-5-6-10-21(19)16-23)29(30(36)20-8-3-2-4-9-20)35(26)25-14-12-22(33)17-24(18)25/h2-17,26-29H,1H3/t26-,27-,28-,29+/m0/s1. The predicted octanol–water partition coefficient (Wildman–Crippen LogP) is 6.16. The summed E-state index contributed by atoms with van der Waals surface area (Å²) in [5.41, 5.74) is 3.75. The summed E-state index contributed by atoms with van der Waals surface area (Å²) >= 11 is 6.32. The van der Waals surface area contributed by atoms with E-state index in [0.717, 1.165) is 27.6 Å². The molecule has 0 radical (unpaired) electrons. The minimum absolute atomic E-state index is 0.168. The Morgan fingerprint density at radius 3 is 2.29 bits per heavy atom. The minimum Gasteiger partial charge on any atom is -0.352 e. The third-order valence-electron chi connectivity index (χ3n) is 8.13. The fourth-order valence-corrected chi connectivity index (χ4v) is 6.63. The summed E-state index contributed by atoms with van der Waals surface area (Å²) in [6, 6.07) is 26.8. The van der Waals surface area contributed by atoms with Gasteiger partial charge in [-0.05, 0) is 53.6 Å². The highest BCUT2D eigenvalue weighted by Crippen LogP contribution is 2.51. The maximum atomic E-state index is 14.2. The first-order valence-electron chi connectivity index (χ1n) is 12.7. The summed E-state index contributed by atoms with van der Waals surface area (Å²) in [6.07, 6.45) is 2.02. The number of hydrogen-bond donors (Lipinski definition) is 0. The number of halogens is 1. The van der Waals surface area contributed by atoms with Crippen LogP contribution < -0.4 is 9.80 Å². The van der Waals surface area contributed by atoms with Crippen LogP contribution in [0.3, 0.4) is 0 Å². The Morgan fingerprint density at radius 1 is 0.789 bits per heavy atom. The monoisotopic (exact) mass is 518 g/mol. The molecule has 0 unspecified atom stereocenters. The summed E-state index contributed by atoms with van der Waals surface area (Å²) < 4.78 is 0. The van der Waals surface area contributed by atoms with E-state index in [4.69, 9.17) is 11.6 Å². The number of allylic oxidation sites excluding steroid dienone is 1. The van der Waals surface area contributed by atoms with E-state index in [1.54, 1.807) is 18.2 Å². The van der Waals surface area contributed by atoms with Gasteiger partial charge in [0.1, 0.15) is 6.04 Å². The first-order chi connectivity index (χ1) is 18.4. The van der Waals surface area contributed by atoms with Crippen LogP contribution in [-0.2, 0) is 9.59 Å². The fourth-order valence-electron chi connectivity index (χ4n) is 6.46. The van der Waals surface area contributed by atoms with E-state index in [9.17, 15) is 14.4 Å². The summed E-state index contributed by atoms with van der Waals surface area (Å²) in [6.45, 7) is 1.98. The lowest BCUT2D eigenvalue weighted by atomic mass is 9.85. The molecule has 0 N–H and O–H groups in total. The zero-order valence-corrected chi connectivity index (χ0v) is 21.3. The van der Waals surface area contributed by atoms with Gasteiger partial charge in [-0.2, -0.15) is 0 Å². The molecule has 4 atom stereocenters. The molecule has 2 amide bonds. The molecule has 0 aliphatic carbocycles. The molecule has 0 bridgehead atoms. The van der Waals surface area contributed by atoms with Gasteiger partial charge in [0, 0.05) is 21.8 Å². The number of rotatable bonds is 3. The number of anilines is 2. The van der Waals surface area contributed by atoms with E-state index in [2.05, 4.69) is 0 Å². The molecule has 3 heterocycles. The lowest BCUT2D eigenvalue weighted by molar-refractivity contribution is -0.122. The number of carbonyl (C=O) groups is 3. The number of ketones is 1. The van der Waals surface area contributed by atoms with Crippen LogP contribution in [0.5, 0.6) is 0 Å². The summed E-state index contributed by atoms with van der Waals surface area (Å²) in [4.78, 5) is 45.6.